The van der Waals surface area contributed by atoms with Gasteiger partial charge in [0.2, 0.25) is 5.91 Å². The number of benzene rings is 1. The molecule has 0 bridgehead atoms. The lowest BCUT2D eigenvalue weighted by atomic mass is 9.97. The number of nitrogens with one attached hydrogen (secondary N) is 1. The van der Waals surface area contributed by atoms with Gasteiger partial charge in [-0.1, -0.05) is 19.4 Å². The maximum atomic E-state index is 12.4. The summed E-state index contributed by atoms with van der Waals surface area (Å²) < 4.78 is 10.7. The molecule has 0 aromatic heterocycles. The summed E-state index contributed by atoms with van der Waals surface area (Å²) in [6.07, 6.45) is 3.47. The number of piperidine rings is 1. The highest BCUT2D eigenvalue weighted by Gasteiger charge is 2.27. The van der Waals surface area contributed by atoms with Gasteiger partial charge in [-0.25, -0.2) is 0 Å². The predicted octanol–water partition coefficient (Wildman–Crippen LogP) is 3.08. The number of hydrogen-bond donors (Lipinski definition) is 1. The number of anilines is 1. The molecule has 0 saturated carbocycles. The quantitative estimate of drug-likeness (QED) is 0.540. The maximum absolute atomic E-state index is 12.4. The topological polar surface area (TPSA) is 67.9 Å². The fraction of sp³-hybridized carbons (Fsp3) is 0.600. The third-order valence-electron chi connectivity index (χ3n) is 4.51. The number of unbranched alkanes of at least 4 members (excludes halogenated alkanes) is 1. The molecule has 6 nitrogen and oxygen atoms in total. The number of nitrogens with zero attached hydrogens (tertiary/aromatic N) is 1. The van der Waals surface area contributed by atoms with Crippen LogP contribution in [0.1, 0.15) is 39.5 Å². The molecule has 6 heteroatoms. The molecule has 0 atom stereocenters. The molecular weight excluding hydrogens is 332 g/mol. The van der Waals surface area contributed by atoms with E-state index >= 15 is 0 Å². The van der Waals surface area contributed by atoms with Gasteiger partial charge in [0.05, 0.1) is 25.7 Å². The van der Waals surface area contributed by atoms with Gasteiger partial charge in [0.25, 0.3) is 0 Å². The number of hydrogen-bond acceptors (Lipinski definition) is 5. The molecule has 1 N–H and O–H groups in total. The Morgan fingerprint density at radius 2 is 2.00 bits per heavy atom. The van der Waals surface area contributed by atoms with Crippen LogP contribution in [0, 0.1) is 5.92 Å². The van der Waals surface area contributed by atoms with Gasteiger partial charge in [0.15, 0.2) is 0 Å². The summed E-state index contributed by atoms with van der Waals surface area (Å²) in [6.45, 7) is 6.49. The highest BCUT2D eigenvalue weighted by molar-refractivity contribution is 5.81. The zero-order valence-electron chi connectivity index (χ0n) is 15.8. The van der Waals surface area contributed by atoms with Crippen molar-refractivity contribution >= 4 is 17.6 Å². The van der Waals surface area contributed by atoms with Crippen LogP contribution in [0.3, 0.4) is 0 Å². The summed E-state index contributed by atoms with van der Waals surface area (Å²) in [6, 6.07) is 7.67. The minimum Gasteiger partial charge on any atom is -0.494 e. The fourth-order valence-corrected chi connectivity index (χ4v) is 2.94. The minimum atomic E-state index is -0.141. The summed E-state index contributed by atoms with van der Waals surface area (Å²) >= 11 is 0. The number of carbonyl (C=O) groups excluding carboxylic acids is 2. The first kappa shape index (κ1) is 20.1. The lowest BCUT2D eigenvalue weighted by Crippen LogP contribution is -2.43. The summed E-state index contributed by atoms with van der Waals surface area (Å²) in [7, 11) is 0. The Morgan fingerprint density at radius 1 is 1.23 bits per heavy atom. The van der Waals surface area contributed by atoms with Crippen LogP contribution in [-0.4, -0.2) is 49.6 Å². The number of likely N-dealkylation sites (tertiary alicyclic amines) is 1. The first-order valence-electron chi connectivity index (χ1n) is 9.55. The molecule has 0 radical (unpaired) electrons. The fourth-order valence-electron chi connectivity index (χ4n) is 2.94. The van der Waals surface area contributed by atoms with Gasteiger partial charge in [0, 0.05) is 24.8 Å². The van der Waals surface area contributed by atoms with Crippen LogP contribution in [0.25, 0.3) is 0 Å². The van der Waals surface area contributed by atoms with E-state index in [1.54, 1.807) is 0 Å². The molecular formula is C20H30N2O4. The Hall–Kier alpha value is -2.24. The van der Waals surface area contributed by atoms with Crippen molar-refractivity contribution in [1.82, 2.24) is 4.90 Å². The van der Waals surface area contributed by atoms with E-state index in [9.17, 15) is 9.59 Å². The highest BCUT2D eigenvalue weighted by atomic mass is 16.5. The van der Waals surface area contributed by atoms with Crippen LogP contribution in [0.15, 0.2) is 24.3 Å². The molecule has 0 spiro atoms. The largest absolute Gasteiger partial charge is 0.494 e. The number of carbonyl (C=O) groups is 2. The van der Waals surface area contributed by atoms with Crippen LogP contribution in [0.2, 0.25) is 0 Å². The second kappa shape index (κ2) is 10.7. The van der Waals surface area contributed by atoms with Gasteiger partial charge in [-0.15, -0.1) is 0 Å². The Balaban J connectivity index is 1.75. The van der Waals surface area contributed by atoms with Crippen LogP contribution in [0.5, 0.6) is 5.75 Å². The average molecular weight is 362 g/mol. The molecule has 2 rings (SSSR count). The van der Waals surface area contributed by atoms with Crippen molar-refractivity contribution in [3.05, 3.63) is 24.3 Å². The van der Waals surface area contributed by atoms with E-state index in [0.717, 1.165) is 24.3 Å². The maximum Gasteiger partial charge on any atom is 0.309 e. The average Bonchev–Trinajstić information content (AvgIpc) is 2.67. The number of esters is 1. The van der Waals surface area contributed by atoms with Crippen molar-refractivity contribution in [2.45, 2.75) is 39.5 Å². The van der Waals surface area contributed by atoms with Crippen LogP contribution >= 0.6 is 0 Å². The molecule has 1 aromatic carbocycles. The van der Waals surface area contributed by atoms with Gasteiger partial charge in [-0.05, 0) is 38.3 Å². The third kappa shape index (κ3) is 6.24. The first-order valence-corrected chi connectivity index (χ1v) is 9.55. The molecule has 1 heterocycles. The Bertz CT molecular complexity index is 583. The van der Waals surface area contributed by atoms with E-state index in [2.05, 4.69) is 12.2 Å². The predicted molar refractivity (Wildman–Crippen MR) is 101 cm³/mol. The normalized spacial score (nSPS) is 14.8. The lowest BCUT2D eigenvalue weighted by Gasteiger charge is -2.31. The SMILES string of the molecule is CCCCOc1cccc(NCC(=O)N2CCC(C(=O)OCC)CC2)c1. The third-order valence-corrected chi connectivity index (χ3v) is 4.51. The van der Waals surface area contributed by atoms with E-state index in [4.69, 9.17) is 9.47 Å². The van der Waals surface area contributed by atoms with Crippen LogP contribution in [-0.2, 0) is 14.3 Å². The molecule has 1 amide bonds. The zero-order chi connectivity index (χ0) is 18.8. The molecule has 1 aliphatic rings. The van der Waals surface area contributed by atoms with Crippen LogP contribution in [0.4, 0.5) is 5.69 Å². The number of ether oxygens (including phenoxy) is 2. The molecule has 1 saturated heterocycles. The Morgan fingerprint density at radius 3 is 2.69 bits per heavy atom. The van der Waals surface area contributed by atoms with E-state index in [1.807, 2.05) is 36.1 Å². The molecule has 1 aliphatic heterocycles. The molecule has 1 fully saturated rings. The molecule has 144 valence electrons. The number of rotatable bonds is 9. The molecule has 1 aromatic rings. The van der Waals surface area contributed by atoms with E-state index in [1.165, 1.54) is 0 Å². The van der Waals surface area contributed by atoms with Crippen molar-refractivity contribution in [1.29, 1.82) is 0 Å². The van der Waals surface area contributed by atoms with Crippen LogP contribution < -0.4 is 10.1 Å². The van der Waals surface area contributed by atoms with Crippen molar-refractivity contribution in [2.24, 2.45) is 5.92 Å². The molecule has 0 unspecified atom stereocenters. The molecule has 0 aliphatic carbocycles. The van der Waals surface area contributed by atoms with Crippen molar-refractivity contribution < 1.29 is 19.1 Å². The van der Waals surface area contributed by atoms with Gasteiger partial charge < -0.3 is 19.7 Å². The van der Waals surface area contributed by atoms with Gasteiger partial charge >= 0.3 is 5.97 Å². The summed E-state index contributed by atoms with van der Waals surface area (Å²) in [5.74, 6) is 0.636. The zero-order valence-corrected chi connectivity index (χ0v) is 15.8. The molecule has 26 heavy (non-hydrogen) atoms. The van der Waals surface area contributed by atoms with Crippen molar-refractivity contribution in [3.8, 4) is 5.75 Å². The minimum absolute atomic E-state index is 0.0459. The smallest absolute Gasteiger partial charge is 0.309 e. The van der Waals surface area contributed by atoms with E-state index in [-0.39, 0.29) is 24.3 Å². The summed E-state index contributed by atoms with van der Waals surface area (Å²) in [5, 5.41) is 3.16. The van der Waals surface area contributed by atoms with Gasteiger partial charge in [0.1, 0.15) is 5.75 Å². The van der Waals surface area contributed by atoms with Gasteiger partial charge in [-0.3, -0.25) is 9.59 Å². The Kier molecular flexibility index (Phi) is 8.25. The lowest BCUT2D eigenvalue weighted by molar-refractivity contribution is -0.151. The van der Waals surface area contributed by atoms with Crippen molar-refractivity contribution in [2.75, 3.05) is 38.2 Å². The van der Waals surface area contributed by atoms with Gasteiger partial charge in [-0.2, -0.15) is 0 Å². The Labute approximate surface area is 155 Å². The first-order chi connectivity index (χ1) is 12.6. The summed E-state index contributed by atoms with van der Waals surface area (Å²) in [4.78, 5) is 26.0. The van der Waals surface area contributed by atoms with E-state index in [0.29, 0.717) is 39.1 Å². The second-order valence-electron chi connectivity index (χ2n) is 6.49. The second-order valence-corrected chi connectivity index (χ2v) is 6.49. The summed E-state index contributed by atoms with van der Waals surface area (Å²) in [5.41, 5.74) is 0.869. The van der Waals surface area contributed by atoms with Crippen molar-refractivity contribution in [3.63, 3.8) is 0 Å². The monoisotopic (exact) mass is 362 g/mol. The number of amides is 1. The van der Waals surface area contributed by atoms with E-state index < -0.39 is 0 Å². The standard InChI is InChI=1S/C20H30N2O4/c1-3-5-13-26-18-8-6-7-17(14-18)21-15-19(23)22-11-9-16(10-12-22)20(24)25-4-2/h6-8,14,16,21H,3-5,9-13,15H2,1-2H3. The highest BCUT2D eigenvalue weighted by Crippen LogP contribution is 2.20.